The molecule has 4 heteroatoms. The van der Waals surface area contributed by atoms with Gasteiger partial charge in [-0.3, -0.25) is 9.59 Å². The molecule has 114 valence electrons. The fraction of sp³-hybridized carbons (Fsp3) is 0.222. The van der Waals surface area contributed by atoms with E-state index in [2.05, 4.69) is 10.6 Å². The number of amides is 1. The lowest BCUT2D eigenvalue weighted by molar-refractivity contribution is -0.115. The van der Waals surface area contributed by atoms with E-state index in [4.69, 9.17) is 0 Å². The lowest BCUT2D eigenvalue weighted by atomic mass is 10.1. The van der Waals surface area contributed by atoms with Crippen LogP contribution in [0.15, 0.2) is 48.5 Å². The van der Waals surface area contributed by atoms with E-state index >= 15 is 0 Å². The van der Waals surface area contributed by atoms with Crippen molar-refractivity contribution in [2.75, 3.05) is 11.9 Å². The summed E-state index contributed by atoms with van der Waals surface area (Å²) in [4.78, 5) is 23.2. The summed E-state index contributed by atoms with van der Waals surface area (Å²) >= 11 is 0. The summed E-state index contributed by atoms with van der Waals surface area (Å²) in [7, 11) is 0. The number of carbonyl (C=O) groups excluding carboxylic acids is 2. The molecule has 1 amide bonds. The molecule has 0 fully saturated rings. The van der Waals surface area contributed by atoms with Gasteiger partial charge in [-0.15, -0.1) is 0 Å². The van der Waals surface area contributed by atoms with Gasteiger partial charge in [-0.1, -0.05) is 36.4 Å². The van der Waals surface area contributed by atoms with Gasteiger partial charge in [-0.2, -0.15) is 0 Å². The fourth-order valence-corrected chi connectivity index (χ4v) is 2.14. The molecule has 0 saturated heterocycles. The van der Waals surface area contributed by atoms with Crippen molar-refractivity contribution in [2.24, 2.45) is 0 Å². The summed E-state index contributed by atoms with van der Waals surface area (Å²) in [6, 6.07) is 15.0. The second kappa shape index (κ2) is 7.52. The lowest BCUT2D eigenvalue weighted by Gasteiger charge is -2.09. The van der Waals surface area contributed by atoms with Gasteiger partial charge in [0.1, 0.15) is 0 Å². The van der Waals surface area contributed by atoms with E-state index in [1.165, 1.54) is 18.1 Å². The van der Waals surface area contributed by atoms with Crippen LogP contribution in [0.2, 0.25) is 0 Å². The fourth-order valence-electron chi connectivity index (χ4n) is 2.14. The normalized spacial score (nSPS) is 10.3. The highest BCUT2D eigenvalue weighted by atomic mass is 16.2. The smallest absolute Gasteiger partial charge is 0.238 e. The van der Waals surface area contributed by atoms with Crippen LogP contribution in [0.1, 0.15) is 28.4 Å². The van der Waals surface area contributed by atoms with Crippen LogP contribution in [0.5, 0.6) is 0 Å². The van der Waals surface area contributed by atoms with Crippen molar-refractivity contribution in [2.45, 2.75) is 20.4 Å². The Hall–Kier alpha value is -2.46. The Kier molecular flexibility index (Phi) is 5.44. The van der Waals surface area contributed by atoms with Crippen molar-refractivity contribution in [1.29, 1.82) is 0 Å². The van der Waals surface area contributed by atoms with Gasteiger partial charge in [0.2, 0.25) is 5.91 Å². The molecule has 0 spiro atoms. The maximum absolute atomic E-state index is 11.9. The quantitative estimate of drug-likeness (QED) is 0.806. The maximum Gasteiger partial charge on any atom is 0.238 e. The minimum Gasteiger partial charge on any atom is -0.325 e. The van der Waals surface area contributed by atoms with E-state index in [9.17, 15) is 9.59 Å². The number of hydrogen-bond acceptors (Lipinski definition) is 3. The molecular weight excluding hydrogens is 276 g/mol. The molecule has 22 heavy (non-hydrogen) atoms. The molecule has 2 aromatic rings. The standard InChI is InChI=1S/C18H20N2O2/c1-13-6-3-4-7-16(13)11-19-12-18(22)20-17-9-5-8-15(10-17)14(2)21/h3-10,19H,11-12H2,1-2H3,(H,20,22). The molecule has 0 atom stereocenters. The molecule has 2 aromatic carbocycles. The number of carbonyl (C=O) groups is 2. The molecule has 0 aliphatic heterocycles. The SMILES string of the molecule is CC(=O)c1cccc(NC(=O)CNCc2ccccc2C)c1. The minimum absolute atomic E-state index is 0.0197. The second-order valence-electron chi connectivity index (χ2n) is 5.22. The summed E-state index contributed by atoms with van der Waals surface area (Å²) in [5.74, 6) is -0.150. The zero-order valence-electron chi connectivity index (χ0n) is 12.8. The first kappa shape index (κ1) is 15.9. The van der Waals surface area contributed by atoms with E-state index in [0.717, 1.165) is 0 Å². The summed E-state index contributed by atoms with van der Waals surface area (Å²) in [5, 5.41) is 5.91. The van der Waals surface area contributed by atoms with Crippen LogP contribution >= 0.6 is 0 Å². The van der Waals surface area contributed by atoms with Crippen molar-refractivity contribution in [3.05, 3.63) is 65.2 Å². The third kappa shape index (κ3) is 4.53. The minimum atomic E-state index is -0.130. The first-order valence-electron chi connectivity index (χ1n) is 7.22. The van der Waals surface area contributed by atoms with Gasteiger partial charge >= 0.3 is 0 Å². The Balaban J connectivity index is 1.84. The van der Waals surface area contributed by atoms with E-state index in [1.807, 2.05) is 31.2 Å². The van der Waals surface area contributed by atoms with Crippen LogP contribution in [-0.4, -0.2) is 18.2 Å². The number of Topliss-reactive ketones (excluding diaryl/α,β-unsaturated/α-hetero) is 1. The van der Waals surface area contributed by atoms with Crippen molar-refractivity contribution in [3.8, 4) is 0 Å². The number of anilines is 1. The first-order chi connectivity index (χ1) is 10.6. The number of ketones is 1. The lowest BCUT2D eigenvalue weighted by Crippen LogP contribution is -2.28. The molecule has 0 saturated carbocycles. The molecule has 0 aliphatic rings. The van der Waals surface area contributed by atoms with Crippen molar-refractivity contribution < 1.29 is 9.59 Å². The topological polar surface area (TPSA) is 58.2 Å². The Morgan fingerprint density at radius 2 is 1.82 bits per heavy atom. The highest BCUT2D eigenvalue weighted by Crippen LogP contribution is 2.11. The summed E-state index contributed by atoms with van der Waals surface area (Å²) in [5.41, 5.74) is 3.60. The molecule has 2 rings (SSSR count). The van der Waals surface area contributed by atoms with E-state index in [1.54, 1.807) is 24.3 Å². The monoisotopic (exact) mass is 296 g/mol. The predicted molar refractivity (Wildman–Crippen MR) is 88.0 cm³/mol. The van der Waals surface area contributed by atoms with Crippen LogP contribution in [0.4, 0.5) is 5.69 Å². The van der Waals surface area contributed by atoms with Gasteiger partial charge < -0.3 is 10.6 Å². The Morgan fingerprint density at radius 1 is 1.05 bits per heavy atom. The van der Waals surface area contributed by atoms with Gasteiger partial charge in [0, 0.05) is 17.8 Å². The molecule has 2 N–H and O–H groups in total. The second-order valence-corrected chi connectivity index (χ2v) is 5.22. The largest absolute Gasteiger partial charge is 0.325 e. The summed E-state index contributed by atoms with van der Waals surface area (Å²) in [6.07, 6.45) is 0. The first-order valence-corrected chi connectivity index (χ1v) is 7.22. The van der Waals surface area contributed by atoms with Crippen LogP contribution in [0.25, 0.3) is 0 Å². The highest BCUT2D eigenvalue weighted by molar-refractivity contribution is 5.97. The third-order valence-electron chi connectivity index (χ3n) is 3.42. The molecule has 0 unspecified atom stereocenters. The number of hydrogen-bond donors (Lipinski definition) is 2. The zero-order chi connectivity index (χ0) is 15.9. The number of nitrogens with one attached hydrogen (secondary N) is 2. The van der Waals surface area contributed by atoms with Gasteiger partial charge in [0.15, 0.2) is 5.78 Å². The summed E-state index contributed by atoms with van der Waals surface area (Å²) < 4.78 is 0. The maximum atomic E-state index is 11.9. The highest BCUT2D eigenvalue weighted by Gasteiger charge is 2.05. The summed E-state index contributed by atoms with van der Waals surface area (Å²) in [6.45, 7) is 4.42. The third-order valence-corrected chi connectivity index (χ3v) is 3.42. The average molecular weight is 296 g/mol. The molecule has 4 nitrogen and oxygen atoms in total. The Morgan fingerprint density at radius 3 is 2.55 bits per heavy atom. The molecule has 0 aliphatic carbocycles. The van der Waals surface area contributed by atoms with Gasteiger partial charge in [0.05, 0.1) is 6.54 Å². The molecule has 0 radical (unpaired) electrons. The van der Waals surface area contributed by atoms with Gasteiger partial charge in [-0.25, -0.2) is 0 Å². The molecular formula is C18H20N2O2. The van der Waals surface area contributed by atoms with Crippen LogP contribution in [0, 0.1) is 6.92 Å². The van der Waals surface area contributed by atoms with Crippen molar-refractivity contribution in [1.82, 2.24) is 5.32 Å². The van der Waals surface area contributed by atoms with Crippen LogP contribution in [0.3, 0.4) is 0 Å². The predicted octanol–water partition coefficient (Wildman–Crippen LogP) is 2.93. The Bertz CT molecular complexity index is 680. The van der Waals surface area contributed by atoms with E-state index < -0.39 is 0 Å². The van der Waals surface area contributed by atoms with Crippen molar-refractivity contribution >= 4 is 17.4 Å². The number of benzene rings is 2. The van der Waals surface area contributed by atoms with Crippen molar-refractivity contribution in [3.63, 3.8) is 0 Å². The number of aryl methyl sites for hydroxylation is 1. The molecule has 0 aromatic heterocycles. The number of rotatable bonds is 6. The van der Waals surface area contributed by atoms with Gasteiger partial charge in [0.25, 0.3) is 0 Å². The van der Waals surface area contributed by atoms with Gasteiger partial charge in [-0.05, 0) is 37.1 Å². The van der Waals surface area contributed by atoms with Crippen LogP contribution < -0.4 is 10.6 Å². The molecule has 0 bridgehead atoms. The van der Waals surface area contributed by atoms with E-state index in [0.29, 0.717) is 17.8 Å². The molecule has 0 heterocycles. The average Bonchev–Trinajstić information content (AvgIpc) is 2.49. The zero-order valence-corrected chi connectivity index (χ0v) is 12.8. The van der Waals surface area contributed by atoms with E-state index in [-0.39, 0.29) is 18.2 Å². The Labute approximate surface area is 130 Å². The van der Waals surface area contributed by atoms with Crippen LogP contribution in [-0.2, 0) is 11.3 Å².